The molecule has 4 heteroatoms. The summed E-state index contributed by atoms with van der Waals surface area (Å²) in [6, 6.07) is 4.83. The highest BCUT2D eigenvalue weighted by Gasteiger charge is 2.02. The number of aromatic nitrogens is 2. The largest absolute Gasteiger partial charge is 0.267 e. The molecule has 0 fully saturated rings. The molecule has 0 unspecified atom stereocenters. The third-order valence-corrected chi connectivity index (χ3v) is 2.80. The van der Waals surface area contributed by atoms with Crippen LogP contribution in [0.2, 0.25) is 0 Å². The van der Waals surface area contributed by atoms with Gasteiger partial charge >= 0.3 is 0 Å². The summed E-state index contributed by atoms with van der Waals surface area (Å²) < 4.78 is 15.9. The van der Waals surface area contributed by atoms with Crippen LogP contribution in [-0.4, -0.2) is 9.78 Å². The first-order valence-electron chi connectivity index (χ1n) is 4.58. The maximum absolute atomic E-state index is 13.0. The fourth-order valence-corrected chi connectivity index (χ4v) is 1.86. The summed E-state index contributed by atoms with van der Waals surface area (Å²) in [5.74, 6) is -0.197. The van der Waals surface area contributed by atoms with E-state index in [4.69, 9.17) is 0 Å². The molecule has 0 saturated heterocycles. The Morgan fingerprint density at radius 3 is 2.93 bits per heavy atom. The van der Waals surface area contributed by atoms with E-state index in [1.165, 1.54) is 6.07 Å². The average Bonchev–Trinajstić information content (AvgIpc) is 2.58. The van der Waals surface area contributed by atoms with E-state index in [-0.39, 0.29) is 5.82 Å². The van der Waals surface area contributed by atoms with Crippen LogP contribution in [0.5, 0.6) is 0 Å². The number of benzene rings is 1. The maximum atomic E-state index is 13.0. The fraction of sp³-hybridized carbons (Fsp3) is 0.182. The SMILES string of the molecule is Cc1ccc(F)cc1Cn1cc(I)cn1. The van der Waals surface area contributed by atoms with Gasteiger partial charge in [-0.1, -0.05) is 6.07 Å². The fourth-order valence-electron chi connectivity index (χ4n) is 1.41. The van der Waals surface area contributed by atoms with Gasteiger partial charge in [-0.2, -0.15) is 5.10 Å². The second kappa shape index (κ2) is 4.30. The van der Waals surface area contributed by atoms with Gasteiger partial charge in [-0.3, -0.25) is 4.68 Å². The van der Waals surface area contributed by atoms with Gasteiger partial charge in [0.15, 0.2) is 0 Å². The normalized spacial score (nSPS) is 10.6. The van der Waals surface area contributed by atoms with Crippen LogP contribution in [0.1, 0.15) is 11.1 Å². The number of hydrogen-bond acceptors (Lipinski definition) is 1. The Bertz CT molecular complexity index is 479. The van der Waals surface area contributed by atoms with Crippen molar-refractivity contribution in [3.63, 3.8) is 0 Å². The summed E-state index contributed by atoms with van der Waals surface area (Å²) >= 11 is 2.20. The van der Waals surface area contributed by atoms with E-state index in [1.807, 2.05) is 17.8 Å². The third-order valence-electron chi connectivity index (χ3n) is 2.25. The zero-order valence-corrected chi connectivity index (χ0v) is 10.4. The van der Waals surface area contributed by atoms with Crippen LogP contribution in [0.3, 0.4) is 0 Å². The van der Waals surface area contributed by atoms with Gasteiger partial charge in [0.25, 0.3) is 0 Å². The molecule has 0 aliphatic heterocycles. The molecular formula is C11H10FIN2. The minimum absolute atomic E-state index is 0.197. The summed E-state index contributed by atoms with van der Waals surface area (Å²) in [5, 5.41) is 4.17. The van der Waals surface area contributed by atoms with Gasteiger partial charge in [-0.05, 0) is 52.8 Å². The standard InChI is InChI=1S/C11H10FIN2/c1-8-2-3-10(12)4-9(8)6-15-7-11(13)5-14-15/h2-5,7H,6H2,1H3. The zero-order valence-electron chi connectivity index (χ0n) is 8.24. The second-order valence-corrected chi connectivity index (χ2v) is 4.67. The van der Waals surface area contributed by atoms with E-state index in [0.29, 0.717) is 6.54 Å². The van der Waals surface area contributed by atoms with Crippen LogP contribution < -0.4 is 0 Å². The van der Waals surface area contributed by atoms with Gasteiger partial charge < -0.3 is 0 Å². The van der Waals surface area contributed by atoms with Crippen molar-refractivity contribution in [2.75, 3.05) is 0 Å². The highest BCUT2D eigenvalue weighted by Crippen LogP contribution is 2.12. The lowest BCUT2D eigenvalue weighted by atomic mass is 10.1. The molecule has 0 aliphatic rings. The van der Waals surface area contributed by atoms with Crippen molar-refractivity contribution in [2.24, 2.45) is 0 Å². The molecular weight excluding hydrogens is 306 g/mol. The number of aryl methyl sites for hydroxylation is 1. The highest BCUT2D eigenvalue weighted by molar-refractivity contribution is 14.1. The van der Waals surface area contributed by atoms with Crippen LogP contribution >= 0.6 is 22.6 Å². The van der Waals surface area contributed by atoms with E-state index < -0.39 is 0 Å². The van der Waals surface area contributed by atoms with Gasteiger partial charge in [-0.15, -0.1) is 0 Å². The van der Waals surface area contributed by atoms with Crippen molar-refractivity contribution < 1.29 is 4.39 Å². The smallest absolute Gasteiger partial charge is 0.123 e. The quantitative estimate of drug-likeness (QED) is 0.779. The Labute approximate surface area is 101 Å². The third kappa shape index (κ3) is 2.56. The molecule has 0 spiro atoms. The minimum Gasteiger partial charge on any atom is -0.267 e. The lowest BCUT2D eigenvalue weighted by Gasteiger charge is -2.05. The maximum Gasteiger partial charge on any atom is 0.123 e. The lowest BCUT2D eigenvalue weighted by Crippen LogP contribution is -2.02. The molecule has 0 saturated carbocycles. The van der Waals surface area contributed by atoms with Gasteiger partial charge in [0.2, 0.25) is 0 Å². The summed E-state index contributed by atoms with van der Waals surface area (Å²) in [5.41, 5.74) is 2.05. The Kier molecular flexibility index (Phi) is 3.04. The Morgan fingerprint density at radius 1 is 1.47 bits per heavy atom. The van der Waals surface area contributed by atoms with Gasteiger partial charge in [0.05, 0.1) is 16.3 Å². The summed E-state index contributed by atoms with van der Waals surface area (Å²) in [6.45, 7) is 2.59. The van der Waals surface area contributed by atoms with Crippen LogP contribution in [0.4, 0.5) is 4.39 Å². The van der Waals surface area contributed by atoms with E-state index in [2.05, 4.69) is 27.7 Å². The van der Waals surface area contributed by atoms with Gasteiger partial charge in [0.1, 0.15) is 5.82 Å². The predicted molar refractivity (Wildman–Crippen MR) is 65.2 cm³/mol. The first kappa shape index (κ1) is 10.6. The monoisotopic (exact) mass is 316 g/mol. The van der Waals surface area contributed by atoms with Gasteiger partial charge in [-0.25, -0.2) is 4.39 Å². The number of rotatable bonds is 2. The first-order chi connectivity index (χ1) is 7.15. The van der Waals surface area contributed by atoms with Crippen LogP contribution in [-0.2, 0) is 6.54 Å². The summed E-state index contributed by atoms with van der Waals surface area (Å²) in [4.78, 5) is 0. The molecule has 2 nitrogen and oxygen atoms in total. The molecule has 2 rings (SSSR count). The average molecular weight is 316 g/mol. The van der Waals surface area contributed by atoms with Crippen molar-refractivity contribution in [1.82, 2.24) is 9.78 Å². The molecule has 0 amide bonds. The second-order valence-electron chi connectivity index (χ2n) is 3.43. The van der Waals surface area contributed by atoms with Crippen molar-refractivity contribution >= 4 is 22.6 Å². The van der Waals surface area contributed by atoms with Gasteiger partial charge in [0, 0.05) is 6.20 Å². The molecule has 1 heterocycles. The van der Waals surface area contributed by atoms with Crippen molar-refractivity contribution in [2.45, 2.75) is 13.5 Å². The molecule has 15 heavy (non-hydrogen) atoms. The Morgan fingerprint density at radius 2 is 2.27 bits per heavy atom. The van der Waals surface area contributed by atoms with Crippen LogP contribution in [0.25, 0.3) is 0 Å². The molecule has 0 N–H and O–H groups in total. The zero-order chi connectivity index (χ0) is 10.8. The summed E-state index contributed by atoms with van der Waals surface area (Å²) in [7, 11) is 0. The molecule has 0 radical (unpaired) electrons. The first-order valence-corrected chi connectivity index (χ1v) is 5.66. The molecule has 0 atom stereocenters. The van der Waals surface area contributed by atoms with Crippen LogP contribution in [0.15, 0.2) is 30.6 Å². The summed E-state index contributed by atoms with van der Waals surface area (Å²) in [6.07, 6.45) is 3.72. The number of halogens is 2. The number of hydrogen-bond donors (Lipinski definition) is 0. The van der Waals surface area contributed by atoms with Crippen molar-refractivity contribution in [3.8, 4) is 0 Å². The number of nitrogens with zero attached hydrogens (tertiary/aromatic N) is 2. The minimum atomic E-state index is -0.197. The predicted octanol–water partition coefficient (Wildman–Crippen LogP) is 2.98. The van der Waals surface area contributed by atoms with E-state index in [0.717, 1.165) is 14.7 Å². The van der Waals surface area contributed by atoms with Crippen molar-refractivity contribution in [3.05, 3.63) is 51.1 Å². The molecule has 1 aromatic carbocycles. The molecule has 78 valence electrons. The van der Waals surface area contributed by atoms with Crippen molar-refractivity contribution in [1.29, 1.82) is 0 Å². The van der Waals surface area contributed by atoms with E-state index in [1.54, 1.807) is 18.3 Å². The molecule has 2 aromatic rings. The van der Waals surface area contributed by atoms with Crippen LogP contribution in [0, 0.1) is 16.3 Å². The molecule has 0 bridgehead atoms. The highest BCUT2D eigenvalue weighted by atomic mass is 127. The van der Waals surface area contributed by atoms with E-state index in [9.17, 15) is 4.39 Å². The lowest BCUT2D eigenvalue weighted by molar-refractivity contribution is 0.618. The molecule has 0 aliphatic carbocycles. The van der Waals surface area contributed by atoms with E-state index >= 15 is 0 Å². The Hall–Kier alpha value is -0.910. The molecule has 1 aromatic heterocycles. The topological polar surface area (TPSA) is 17.8 Å². The Balaban J connectivity index is 2.27.